The average Bonchev–Trinajstić information content (AvgIpc) is 2.76. The minimum absolute atomic E-state index is 0.00817. The molecular weight excluding hydrogens is 399 g/mol. The lowest BCUT2D eigenvalue weighted by molar-refractivity contribution is -0.136. The largest absolute Gasteiger partial charge is 0.465 e. The number of pyridine rings is 1. The van der Waals surface area contributed by atoms with Gasteiger partial charge in [0.15, 0.2) is 0 Å². The Bertz CT molecular complexity index is 1230. The number of carbonyl (C=O) groups excluding carboxylic acids is 1. The van der Waals surface area contributed by atoms with E-state index in [1.165, 1.54) is 31.4 Å². The summed E-state index contributed by atoms with van der Waals surface area (Å²) in [5, 5.41) is 0. The second-order valence-corrected chi connectivity index (χ2v) is 7.30. The molecule has 0 fully saturated rings. The van der Waals surface area contributed by atoms with Crippen molar-refractivity contribution in [3.8, 4) is 5.75 Å². The van der Waals surface area contributed by atoms with Gasteiger partial charge >= 0.3 is 5.97 Å². The van der Waals surface area contributed by atoms with Crippen molar-refractivity contribution < 1.29 is 18.7 Å². The molecule has 0 radical (unpaired) electrons. The molecule has 1 aliphatic heterocycles. The summed E-state index contributed by atoms with van der Waals surface area (Å²) in [6.45, 7) is 2.15. The van der Waals surface area contributed by atoms with E-state index in [0.717, 1.165) is 5.56 Å². The Hall–Kier alpha value is -3.87. The fourth-order valence-electron chi connectivity index (χ4n) is 3.85. The molecule has 3 aromatic rings. The first-order chi connectivity index (χ1) is 14.9. The lowest BCUT2D eigenvalue weighted by Gasteiger charge is -2.29. The third kappa shape index (κ3) is 3.70. The van der Waals surface area contributed by atoms with Crippen LogP contribution in [0.2, 0.25) is 0 Å². The molecule has 1 aliphatic rings. The van der Waals surface area contributed by atoms with Gasteiger partial charge in [-0.05, 0) is 30.2 Å². The topological polar surface area (TPSA) is 83.5 Å². The number of nitrogens with zero attached hydrogens (tertiary/aromatic N) is 1. The molecule has 0 bridgehead atoms. The van der Waals surface area contributed by atoms with Gasteiger partial charge in [-0.15, -0.1) is 0 Å². The fraction of sp³-hybridized carbons (Fsp3) is 0.167. The summed E-state index contributed by atoms with van der Waals surface area (Å²) in [4.78, 5) is 26.2. The van der Waals surface area contributed by atoms with Crippen molar-refractivity contribution in [2.75, 3.05) is 7.11 Å². The van der Waals surface area contributed by atoms with Gasteiger partial charge in [-0.25, -0.2) is 9.18 Å². The van der Waals surface area contributed by atoms with E-state index in [4.69, 9.17) is 15.2 Å². The number of hydrogen-bond acceptors (Lipinski definition) is 5. The molecule has 0 spiro atoms. The highest BCUT2D eigenvalue weighted by atomic mass is 19.1. The van der Waals surface area contributed by atoms with Crippen LogP contribution in [0.1, 0.15) is 28.3 Å². The Labute approximate surface area is 178 Å². The van der Waals surface area contributed by atoms with Gasteiger partial charge in [0.1, 0.15) is 17.1 Å². The first-order valence-electron chi connectivity index (χ1n) is 9.70. The van der Waals surface area contributed by atoms with Crippen LogP contribution in [0.3, 0.4) is 0 Å². The number of fused-ring (bicyclic) bond motifs is 1. The molecule has 0 amide bonds. The predicted molar refractivity (Wildman–Crippen MR) is 113 cm³/mol. The molecule has 7 heteroatoms. The molecule has 6 nitrogen and oxygen atoms in total. The predicted octanol–water partition coefficient (Wildman–Crippen LogP) is 3.21. The first kappa shape index (κ1) is 20.4. The maximum absolute atomic E-state index is 13.6. The first-order valence-corrected chi connectivity index (χ1v) is 9.70. The van der Waals surface area contributed by atoms with E-state index in [9.17, 15) is 14.0 Å². The Morgan fingerprint density at radius 3 is 2.48 bits per heavy atom. The Morgan fingerprint density at radius 1 is 1.16 bits per heavy atom. The number of halogens is 1. The van der Waals surface area contributed by atoms with Crippen molar-refractivity contribution in [3.05, 3.63) is 111 Å². The number of aryl methyl sites for hydroxylation is 1. The summed E-state index contributed by atoms with van der Waals surface area (Å²) in [5.74, 6) is -1.88. The molecule has 1 aromatic heterocycles. The Balaban J connectivity index is 1.94. The smallest absolute Gasteiger partial charge is 0.340 e. The number of aromatic nitrogens is 1. The number of nitrogens with two attached hydrogens (primary N) is 1. The zero-order chi connectivity index (χ0) is 22.1. The van der Waals surface area contributed by atoms with Gasteiger partial charge in [-0.2, -0.15) is 0 Å². The van der Waals surface area contributed by atoms with Crippen molar-refractivity contribution in [2.24, 2.45) is 5.73 Å². The van der Waals surface area contributed by atoms with Crippen LogP contribution in [-0.4, -0.2) is 17.6 Å². The number of benzene rings is 2. The number of hydrogen-bond donors (Lipinski definition) is 1. The number of esters is 1. The molecule has 4 rings (SSSR count). The monoisotopic (exact) mass is 420 g/mol. The molecule has 0 saturated carbocycles. The zero-order valence-electron chi connectivity index (χ0n) is 17.1. The van der Waals surface area contributed by atoms with E-state index in [1.54, 1.807) is 17.6 Å². The number of methoxy groups -OCH3 is 1. The van der Waals surface area contributed by atoms with Gasteiger partial charge in [0.05, 0.1) is 25.1 Å². The minimum atomic E-state index is -0.855. The van der Waals surface area contributed by atoms with Crippen LogP contribution in [0.5, 0.6) is 5.75 Å². The Kier molecular flexibility index (Phi) is 5.33. The van der Waals surface area contributed by atoms with E-state index in [0.29, 0.717) is 17.8 Å². The molecule has 2 N–H and O–H groups in total. The molecule has 0 saturated heterocycles. The van der Waals surface area contributed by atoms with E-state index in [-0.39, 0.29) is 28.3 Å². The second-order valence-electron chi connectivity index (χ2n) is 7.30. The summed E-state index contributed by atoms with van der Waals surface area (Å²) in [6, 6.07) is 16.9. The van der Waals surface area contributed by atoms with Crippen molar-refractivity contribution in [3.63, 3.8) is 0 Å². The normalized spacial score (nSPS) is 15.3. The molecule has 2 heterocycles. The molecular formula is C24H21FN2O4. The molecule has 2 aromatic carbocycles. The van der Waals surface area contributed by atoms with Gasteiger partial charge in [-0.3, -0.25) is 4.79 Å². The van der Waals surface area contributed by atoms with Crippen molar-refractivity contribution >= 4 is 5.97 Å². The molecule has 0 unspecified atom stereocenters. The van der Waals surface area contributed by atoms with Gasteiger partial charge < -0.3 is 19.8 Å². The second kappa shape index (κ2) is 8.10. The highest BCUT2D eigenvalue weighted by molar-refractivity contribution is 5.92. The van der Waals surface area contributed by atoms with Crippen LogP contribution >= 0.6 is 0 Å². The quantitative estimate of drug-likeness (QED) is 0.656. The van der Waals surface area contributed by atoms with Crippen LogP contribution in [0, 0.1) is 12.7 Å². The lowest BCUT2D eigenvalue weighted by atomic mass is 9.83. The van der Waals surface area contributed by atoms with Crippen molar-refractivity contribution in [1.29, 1.82) is 0 Å². The summed E-state index contributed by atoms with van der Waals surface area (Å²) >= 11 is 0. The molecule has 0 aliphatic carbocycles. The van der Waals surface area contributed by atoms with E-state index in [1.807, 2.05) is 30.3 Å². The number of carbonyl (C=O) groups is 1. The highest BCUT2D eigenvalue weighted by Gasteiger charge is 2.38. The van der Waals surface area contributed by atoms with E-state index < -0.39 is 17.7 Å². The van der Waals surface area contributed by atoms with Gasteiger partial charge in [0.2, 0.25) is 5.88 Å². The van der Waals surface area contributed by atoms with Crippen molar-refractivity contribution in [2.45, 2.75) is 19.4 Å². The van der Waals surface area contributed by atoms with E-state index >= 15 is 0 Å². The average molecular weight is 420 g/mol. The van der Waals surface area contributed by atoms with Gasteiger partial charge in [0, 0.05) is 11.8 Å². The van der Waals surface area contributed by atoms with Crippen LogP contribution in [0.25, 0.3) is 0 Å². The highest BCUT2D eigenvalue weighted by Crippen LogP contribution is 2.41. The van der Waals surface area contributed by atoms with Crippen molar-refractivity contribution in [1.82, 2.24) is 4.57 Å². The molecule has 31 heavy (non-hydrogen) atoms. The van der Waals surface area contributed by atoms with Gasteiger partial charge in [0.25, 0.3) is 5.56 Å². The maximum Gasteiger partial charge on any atom is 0.340 e. The maximum atomic E-state index is 13.6. The van der Waals surface area contributed by atoms with Crippen LogP contribution in [-0.2, 0) is 16.1 Å². The third-order valence-corrected chi connectivity index (χ3v) is 5.36. The zero-order valence-corrected chi connectivity index (χ0v) is 17.1. The Morgan fingerprint density at radius 2 is 1.84 bits per heavy atom. The fourth-order valence-corrected chi connectivity index (χ4v) is 3.85. The molecule has 158 valence electrons. The van der Waals surface area contributed by atoms with Gasteiger partial charge in [-0.1, -0.05) is 42.5 Å². The summed E-state index contributed by atoms with van der Waals surface area (Å²) < 4.78 is 25.8. The number of rotatable bonds is 4. The lowest BCUT2D eigenvalue weighted by Crippen LogP contribution is -2.35. The van der Waals surface area contributed by atoms with E-state index in [2.05, 4.69) is 0 Å². The molecule has 1 atom stereocenters. The number of ether oxygens (including phenoxy) is 2. The summed E-state index contributed by atoms with van der Waals surface area (Å²) in [5.41, 5.74) is 8.17. The van der Waals surface area contributed by atoms with Crippen LogP contribution < -0.4 is 16.0 Å². The standard InChI is InChI=1S/C24H21FN2O4/c1-14-12-18-20(23(28)27(14)13-15-6-4-3-5-7-15)19(16-8-10-17(25)11-9-16)21(22(26)31-18)24(29)30-2/h3-12,19H,13,26H2,1-2H3/t19-/m1/s1. The summed E-state index contributed by atoms with van der Waals surface area (Å²) in [7, 11) is 1.22. The SMILES string of the molecule is COC(=O)C1=C(N)Oc2cc(C)n(Cc3ccccc3)c(=O)c2[C@H]1c1ccc(F)cc1. The van der Waals surface area contributed by atoms with Crippen LogP contribution in [0.15, 0.2) is 76.9 Å². The minimum Gasteiger partial charge on any atom is -0.465 e. The summed E-state index contributed by atoms with van der Waals surface area (Å²) in [6.07, 6.45) is 0. The third-order valence-electron chi connectivity index (χ3n) is 5.36. The van der Waals surface area contributed by atoms with Crippen LogP contribution in [0.4, 0.5) is 4.39 Å².